The highest BCUT2D eigenvalue weighted by molar-refractivity contribution is 7.11. The number of thiazole rings is 1. The molecule has 0 aromatic carbocycles. The molecule has 0 aliphatic carbocycles. The van der Waals surface area contributed by atoms with Gasteiger partial charge in [0.25, 0.3) is 6.43 Å². The minimum absolute atomic E-state index is 0.0506. The molecule has 108 valence electrons. The molecule has 0 radical (unpaired) electrons. The van der Waals surface area contributed by atoms with Gasteiger partial charge in [-0.05, 0) is 20.8 Å². The highest BCUT2D eigenvalue weighted by atomic mass is 32.1. The van der Waals surface area contributed by atoms with Crippen molar-refractivity contribution in [2.45, 2.75) is 33.6 Å². The number of nitrogens with one attached hydrogen (secondary N) is 2. The van der Waals surface area contributed by atoms with Crippen molar-refractivity contribution in [1.29, 1.82) is 0 Å². The van der Waals surface area contributed by atoms with Gasteiger partial charge in [0.15, 0.2) is 5.69 Å². The maximum atomic E-state index is 12.7. The van der Waals surface area contributed by atoms with E-state index in [1.54, 1.807) is 6.92 Å². The van der Waals surface area contributed by atoms with Gasteiger partial charge in [-0.15, -0.1) is 11.3 Å². The van der Waals surface area contributed by atoms with E-state index in [0.717, 1.165) is 9.88 Å². The first-order valence-electron chi connectivity index (χ1n) is 5.94. The molecule has 5 nitrogen and oxygen atoms in total. The molecular weight excluding hydrogens is 286 g/mol. The molecule has 1 amide bonds. The molecule has 2 heterocycles. The third-order valence-corrected chi connectivity index (χ3v) is 3.70. The quantitative estimate of drug-likeness (QED) is 0.912. The Morgan fingerprint density at radius 1 is 1.40 bits per heavy atom. The highest BCUT2D eigenvalue weighted by Crippen LogP contribution is 2.27. The van der Waals surface area contributed by atoms with E-state index in [1.807, 2.05) is 13.8 Å². The molecule has 0 bridgehead atoms. The number of hydrogen-bond donors (Lipinski definition) is 2. The van der Waals surface area contributed by atoms with Gasteiger partial charge in [0, 0.05) is 4.88 Å². The first kappa shape index (κ1) is 14.6. The number of halogens is 2. The van der Waals surface area contributed by atoms with Gasteiger partial charge in [-0.3, -0.25) is 9.89 Å². The number of aromatic amines is 1. The van der Waals surface area contributed by atoms with Crippen LogP contribution in [0.1, 0.15) is 33.4 Å². The number of aromatic nitrogens is 3. The standard InChI is InChI=1S/C12H14F2N4OS/c1-5-10(11(12(13)14)18-17-5)16-9(19)4-8-6(2)20-7(3)15-8/h12H,4H2,1-3H3,(H,16,19)(H,17,18). The van der Waals surface area contributed by atoms with E-state index < -0.39 is 12.1 Å². The van der Waals surface area contributed by atoms with E-state index in [9.17, 15) is 13.6 Å². The molecule has 0 saturated heterocycles. The molecule has 0 aliphatic heterocycles. The molecule has 0 aliphatic rings. The number of carbonyl (C=O) groups is 1. The van der Waals surface area contributed by atoms with Crippen LogP contribution in [0.15, 0.2) is 0 Å². The SMILES string of the molecule is Cc1nc(CC(=O)Nc2c(C(F)F)n[nH]c2C)c(C)s1. The lowest BCUT2D eigenvalue weighted by Crippen LogP contribution is -2.16. The van der Waals surface area contributed by atoms with Gasteiger partial charge in [-0.1, -0.05) is 0 Å². The van der Waals surface area contributed by atoms with E-state index in [4.69, 9.17) is 0 Å². The average Bonchev–Trinajstić information content (AvgIpc) is 2.84. The molecule has 8 heteroatoms. The molecule has 2 N–H and O–H groups in total. The lowest BCUT2D eigenvalue weighted by molar-refractivity contribution is -0.115. The van der Waals surface area contributed by atoms with Crippen LogP contribution in [0.2, 0.25) is 0 Å². The van der Waals surface area contributed by atoms with Crippen molar-refractivity contribution >= 4 is 22.9 Å². The van der Waals surface area contributed by atoms with Crippen LogP contribution in [0.5, 0.6) is 0 Å². The summed E-state index contributed by atoms with van der Waals surface area (Å²) < 4.78 is 25.5. The molecule has 2 aromatic rings. The number of hydrogen-bond acceptors (Lipinski definition) is 4. The van der Waals surface area contributed by atoms with Crippen LogP contribution in [0.3, 0.4) is 0 Å². The first-order chi connectivity index (χ1) is 9.38. The Hall–Kier alpha value is -1.83. The predicted octanol–water partition coefficient (Wildman–Crippen LogP) is 2.91. The zero-order valence-electron chi connectivity index (χ0n) is 11.3. The summed E-state index contributed by atoms with van der Waals surface area (Å²) in [5.74, 6) is -0.384. The number of aryl methyl sites for hydroxylation is 3. The third-order valence-electron chi connectivity index (χ3n) is 2.77. The van der Waals surface area contributed by atoms with Crippen molar-refractivity contribution < 1.29 is 13.6 Å². The molecule has 0 atom stereocenters. The number of nitrogens with zero attached hydrogens (tertiary/aromatic N) is 2. The van der Waals surface area contributed by atoms with Crippen LogP contribution >= 0.6 is 11.3 Å². The Labute approximate surface area is 118 Å². The second-order valence-electron chi connectivity index (χ2n) is 4.37. The minimum Gasteiger partial charge on any atom is -0.322 e. The maximum absolute atomic E-state index is 12.7. The van der Waals surface area contributed by atoms with Gasteiger partial charge < -0.3 is 5.32 Å². The van der Waals surface area contributed by atoms with Crippen LogP contribution in [-0.4, -0.2) is 21.1 Å². The summed E-state index contributed by atoms with van der Waals surface area (Å²) in [6.45, 7) is 5.31. The van der Waals surface area contributed by atoms with E-state index in [0.29, 0.717) is 11.4 Å². The molecule has 0 unspecified atom stereocenters. The first-order valence-corrected chi connectivity index (χ1v) is 6.76. The number of alkyl halides is 2. The fraction of sp³-hybridized carbons (Fsp3) is 0.417. The van der Waals surface area contributed by atoms with E-state index in [1.165, 1.54) is 11.3 Å². The zero-order valence-corrected chi connectivity index (χ0v) is 12.1. The fourth-order valence-corrected chi connectivity index (χ4v) is 2.67. The lowest BCUT2D eigenvalue weighted by Gasteiger charge is -2.06. The van der Waals surface area contributed by atoms with Gasteiger partial charge >= 0.3 is 0 Å². The molecule has 2 aromatic heterocycles. The summed E-state index contributed by atoms with van der Waals surface area (Å²) in [6.07, 6.45) is -2.68. The van der Waals surface area contributed by atoms with Gasteiger partial charge in [-0.25, -0.2) is 13.8 Å². The molecule has 0 fully saturated rings. The molecular formula is C12H14F2N4OS. The predicted molar refractivity (Wildman–Crippen MR) is 72.2 cm³/mol. The summed E-state index contributed by atoms with van der Waals surface area (Å²) in [5, 5.41) is 9.29. The van der Waals surface area contributed by atoms with Crippen LogP contribution in [-0.2, 0) is 11.2 Å². The van der Waals surface area contributed by atoms with Gasteiger partial charge in [0.05, 0.1) is 28.5 Å². The Kier molecular flexibility index (Phi) is 4.12. The summed E-state index contributed by atoms with van der Waals surface area (Å²) in [4.78, 5) is 17.1. The van der Waals surface area contributed by atoms with Crippen LogP contribution in [0, 0.1) is 20.8 Å². The van der Waals surface area contributed by atoms with Crippen LogP contribution in [0.25, 0.3) is 0 Å². The second-order valence-corrected chi connectivity index (χ2v) is 5.78. The topological polar surface area (TPSA) is 70.7 Å². The van der Waals surface area contributed by atoms with Crippen molar-refractivity contribution in [2.24, 2.45) is 0 Å². The van der Waals surface area contributed by atoms with Crippen molar-refractivity contribution in [3.05, 3.63) is 27.0 Å². The zero-order chi connectivity index (χ0) is 14.9. The van der Waals surface area contributed by atoms with E-state index in [2.05, 4.69) is 20.5 Å². The maximum Gasteiger partial charge on any atom is 0.284 e. The van der Waals surface area contributed by atoms with Gasteiger partial charge in [0.2, 0.25) is 5.91 Å². The normalized spacial score (nSPS) is 11.1. The molecule has 20 heavy (non-hydrogen) atoms. The van der Waals surface area contributed by atoms with Crippen molar-refractivity contribution in [1.82, 2.24) is 15.2 Å². The number of anilines is 1. The second kappa shape index (κ2) is 5.66. The average molecular weight is 300 g/mol. The summed E-state index contributed by atoms with van der Waals surface area (Å²) in [5.41, 5.74) is 0.682. The Morgan fingerprint density at radius 3 is 2.65 bits per heavy atom. The molecule has 2 rings (SSSR count). The van der Waals surface area contributed by atoms with Crippen LogP contribution < -0.4 is 5.32 Å². The minimum atomic E-state index is -2.74. The van der Waals surface area contributed by atoms with Crippen LogP contribution in [0.4, 0.5) is 14.5 Å². The molecule has 0 saturated carbocycles. The van der Waals surface area contributed by atoms with Crippen molar-refractivity contribution in [2.75, 3.05) is 5.32 Å². The highest BCUT2D eigenvalue weighted by Gasteiger charge is 2.21. The van der Waals surface area contributed by atoms with Crippen molar-refractivity contribution in [3.63, 3.8) is 0 Å². The Morgan fingerprint density at radius 2 is 2.10 bits per heavy atom. The number of amides is 1. The lowest BCUT2D eigenvalue weighted by atomic mass is 10.2. The Bertz CT molecular complexity index is 635. The largest absolute Gasteiger partial charge is 0.322 e. The third kappa shape index (κ3) is 3.01. The van der Waals surface area contributed by atoms with Crippen molar-refractivity contribution in [3.8, 4) is 0 Å². The number of rotatable bonds is 4. The Balaban J connectivity index is 2.12. The fourth-order valence-electron chi connectivity index (χ4n) is 1.84. The van der Waals surface area contributed by atoms with E-state index >= 15 is 0 Å². The summed E-state index contributed by atoms with van der Waals surface area (Å²) in [6, 6.07) is 0. The monoisotopic (exact) mass is 300 g/mol. The van der Waals surface area contributed by atoms with Gasteiger partial charge in [0.1, 0.15) is 0 Å². The number of H-pyrrole nitrogens is 1. The summed E-state index contributed by atoms with van der Waals surface area (Å²) in [7, 11) is 0. The summed E-state index contributed by atoms with van der Waals surface area (Å²) >= 11 is 1.50. The number of carbonyl (C=O) groups excluding carboxylic acids is 1. The van der Waals surface area contributed by atoms with E-state index in [-0.39, 0.29) is 18.0 Å². The van der Waals surface area contributed by atoms with Gasteiger partial charge in [-0.2, -0.15) is 5.10 Å². The smallest absolute Gasteiger partial charge is 0.284 e. The molecule has 0 spiro atoms.